The maximum absolute atomic E-state index is 11.3. The number of rotatable bonds is 8. The first-order valence-corrected chi connectivity index (χ1v) is 6.09. The lowest BCUT2D eigenvalue weighted by Gasteiger charge is -2.08. The summed E-state index contributed by atoms with van der Waals surface area (Å²) in [5, 5.41) is 5.45. The fourth-order valence-electron chi connectivity index (χ4n) is 1.19. The van der Waals surface area contributed by atoms with Crippen LogP contribution in [0.25, 0.3) is 0 Å². The molecule has 0 aromatic heterocycles. The largest absolute Gasteiger partial charge is 0.356 e. The van der Waals surface area contributed by atoms with Gasteiger partial charge in [-0.15, -0.1) is 0 Å². The predicted molar refractivity (Wildman–Crippen MR) is 65.0 cm³/mol. The van der Waals surface area contributed by atoms with E-state index in [1.54, 1.807) is 0 Å². The molecule has 0 aromatic carbocycles. The third-order valence-corrected chi connectivity index (χ3v) is 2.13. The average Bonchev–Trinajstić information content (AvgIpc) is 2.21. The van der Waals surface area contributed by atoms with Gasteiger partial charge in [-0.05, 0) is 12.3 Å². The van der Waals surface area contributed by atoms with Crippen LogP contribution in [0, 0.1) is 5.92 Å². The minimum Gasteiger partial charge on any atom is -0.356 e. The Labute approximate surface area is 98.2 Å². The lowest BCUT2D eigenvalue weighted by Crippen LogP contribution is -2.33. The Morgan fingerprint density at radius 1 is 1.06 bits per heavy atom. The quantitative estimate of drug-likeness (QED) is 0.488. The van der Waals surface area contributed by atoms with Crippen molar-refractivity contribution in [3.8, 4) is 0 Å². The summed E-state index contributed by atoms with van der Waals surface area (Å²) in [7, 11) is 0. The second-order valence-corrected chi connectivity index (χ2v) is 4.43. The summed E-state index contributed by atoms with van der Waals surface area (Å²) in [6.45, 7) is 7.45. The standard InChI is InChI=1S/C12H24N2O2/c1-4-5-6-7-13-11(15)8-12(16)14-9-10(2)3/h10H,4-9H2,1-3H3,(H,13,15)(H,14,16). The number of carbonyl (C=O) groups is 2. The third-order valence-electron chi connectivity index (χ3n) is 2.13. The van der Waals surface area contributed by atoms with E-state index in [1.807, 2.05) is 13.8 Å². The molecular weight excluding hydrogens is 204 g/mol. The van der Waals surface area contributed by atoms with Gasteiger partial charge in [0.1, 0.15) is 6.42 Å². The molecule has 0 radical (unpaired) electrons. The van der Waals surface area contributed by atoms with Gasteiger partial charge in [0.05, 0.1) is 0 Å². The minimum atomic E-state index is -0.193. The van der Waals surface area contributed by atoms with E-state index in [0.29, 0.717) is 19.0 Å². The fraction of sp³-hybridized carbons (Fsp3) is 0.833. The summed E-state index contributed by atoms with van der Waals surface area (Å²) < 4.78 is 0. The molecule has 94 valence electrons. The van der Waals surface area contributed by atoms with Gasteiger partial charge in [0.25, 0.3) is 0 Å². The number of nitrogens with one attached hydrogen (secondary N) is 2. The first kappa shape index (κ1) is 14.9. The van der Waals surface area contributed by atoms with Crippen molar-refractivity contribution >= 4 is 11.8 Å². The molecule has 0 aromatic rings. The molecule has 0 atom stereocenters. The monoisotopic (exact) mass is 228 g/mol. The molecule has 0 aliphatic carbocycles. The van der Waals surface area contributed by atoms with Crippen molar-refractivity contribution in [2.24, 2.45) is 5.92 Å². The van der Waals surface area contributed by atoms with Crippen molar-refractivity contribution in [2.45, 2.75) is 46.5 Å². The Bertz CT molecular complexity index is 215. The first-order valence-electron chi connectivity index (χ1n) is 6.09. The summed E-state index contributed by atoms with van der Waals surface area (Å²) in [6.07, 6.45) is 3.17. The van der Waals surface area contributed by atoms with Crippen LogP contribution in [0.3, 0.4) is 0 Å². The molecule has 0 rings (SSSR count). The molecule has 0 saturated heterocycles. The van der Waals surface area contributed by atoms with Crippen LogP contribution in [0.15, 0.2) is 0 Å². The highest BCUT2D eigenvalue weighted by Crippen LogP contribution is 1.92. The van der Waals surface area contributed by atoms with E-state index in [4.69, 9.17) is 0 Å². The highest BCUT2D eigenvalue weighted by Gasteiger charge is 2.08. The predicted octanol–water partition coefficient (Wildman–Crippen LogP) is 1.46. The van der Waals surface area contributed by atoms with Crippen LogP contribution in [0.2, 0.25) is 0 Å². The van der Waals surface area contributed by atoms with Crippen LogP contribution < -0.4 is 10.6 Å². The lowest BCUT2D eigenvalue weighted by atomic mass is 10.2. The molecule has 2 N–H and O–H groups in total. The van der Waals surface area contributed by atoms with Crippen LogP contribution in [-0.4, -0.2) is 24.9 Å². The van der Waals surface area contributed by atoms with Gasteiger partial charge in [-0.2, -0.15) is 0 Å². The second kappa shape index (κ2) is 9.19. The van der Waals surface area contributed by atoms with Crippen molar-refractivity contribution in [2.75, 3.05) is 13.1 Å². The topological polar surface area (TPSA) is 58.2 Å². The van der Waals surface area contributed by atoms with Crippen molar-refractivity contribution in [1.82, 2.24) is 10.6 Å². The molecule has 0 heterocycles. The number of unbranched alkanes of at least 4 members (excludes halogenated alkanes) is 2. The van der Waals surface area contributed by atoms with Gasteiger partial charge < -0.3 is 10.6 Å². The van der Waals surface area contributed by atoms with E-state index in [1.165, 1.54) is 0 Å². The maximum atomic E-state index is 11.3. The van der Waals surface area contributed by atoms with E-state index >= 15 is 0 Å². The summed E-state index contributed by atoms with van der Waals surface area (Å²) in [5.74, 6) is 0.0376. The summed E-state index contributed by atoms with van der Waals surface area (Å²) >= 11 is 0. The Hall–Kier alpha value is -1.06. The van der Waals surface area contributed by atoms with Crippen molar-refractivity contribution in [3.63, 3.8) is 0 Å². The Morgan fingerprint density at radius 3 is 2.25 bits per heavy atom. The van der Waals surface area contributed by atoms with Crippen LogP contribution in [0.5, 0.6) is 0 Å². The van der Waals surface area contributed by atoms with Gasteiger partial charge in [-0.1, -0.05) is 33.6 Å². The number of carbonyl (C=O) groups excluding carboxylic acids is 2. The van der Waals surface area contributed by atoms with Gasteiger partial charge in [0.2, 0.25) is 11.8 Å². The Balaban J connectivity index is 3.51. The summed E-state index contributed by atoms with van der Waals surface area (Å²) in [6, 6.07) is 0. The molecule has 4 nitrogen and oxygen atoms in total. The third kappa shape index (κ3) is 9.49. The van der Waals surface area contributed by atoms with Crippen molar-refractivity contribution in [3.05, 3.63) is 0 Å². The Kier molecular flexibility index (Phi) is 8.58. The normalized spacial score (nSPS) is 10.2. The summed E-state index contributed by atoms with van der Waals surface area (Å²) in [4.78, 5) is 22.6. The second-order valence-electron chi connectivity index (χ2n) is 4.43. The van der Waals surface area contributed by atoms with E-state index in [9.17, 15) is 9.59 Å². The molecule has 0 bridgehead atoms. The van der Waals surface area contributed by atoms with E-state index in [-0.39, 0.29) is 18.2 Å². The molecule has 0 aliphatic rings. The van der Waals surface area contributed by atoms with Crippen LogP contribution in [0.1, 0.15) is 46.5 Å². The zero-order valence-corrected chi connectivity index (χ0v) is 10.6. The smallest absolute Gasteiger partial charge is 0.229 e. The van der Waals surface area contributed by atoms with E-state index in [0.717, 1.165) is 19.3 Å². The molecule has 16 heavy (non-hydrogen) atoms. The Morgan fingerprint density at radius 2 is 1.69 bits per heavy atom. The van der Waals surface area contributed by atoms with Gasteiger partial charge in [-0.3, -0.25) is 9.59 Å². The number of amides is 2. The van der Waals surface area contributed by atoms with E-state index < -0.39 is 0 Å². The minimum absolute atomic E-state index is 0.0567. The van der Waals surface area contributed by atoms with Crippen LogP contribution >= 0.6 is 0 Å². The van der Waals surface area contributed by atoms with Crippen molar-refractivity contribution in [1.29, 1.82) is 0 Å². The molecular formula is C12H24N2O2. The van der Waals surface area contributed by atoms with Crippen LogP contribution in [0.4, 0.5) is 0 Å². The van der Waals surface area contributed by atoms with Gasteiger partial charge in [0, 0.05) is 13.1 Å². The maximum Gasteiger partial charge on any atom is 0.229 e. The van der Waals surface area contributed by atoms with Crippen LogP contribution in [-0.2, 0) is 9.59 Å². The molecule has 4 heteroatoms. The average molecular weight is 228 g/mol. The molecule has 0 fully saturated rings. The molecule has 0 spiro atoms. The van der Waals surface area contributed by atoms with Gasteiger partial charge in [-0.25, -0.2) is 0 Å². The van der Waals surface area contributed by atoms with Crippen molar-refractivity contribution < 1.29 is 9.59 Å². The molecule has 0 unspecified atom stereocenters. The highest BCUT2D eigenvalue weighted by atomic mass is 16.2. The van der Waals surface area contributed by atoms with E-state index in [2.05, 4.69) is 17.6 Å². The number of hydrogen-bond donors (Lipinski definition) is 2. The fourth-order valence-corrected chi connectivity index (χ4v) is 1.19. The zero-order valence-electron chi connectivity index (χ0n) is 10.6. The van der Waals surface area contributed by atoms with Gasteiger partial charge >= 0.3 is 0 Å². The molecule has 0 aliphatic heterocycles. The summed E-state index contributed by atoms with van der Waals surface area (Å²) in [5.41, 5.74) is 0. The molecule has 2 amide bonds. The number of hydrogen-bond acceptors (Lipinski definition) is 2. The lowest BCUT2D eigenvalue weighted by molar-refractivity contribution is -0.129. The van der Waals surface area contributed by atoms with Gasteiger partial charge in [0.15, 0.2) is 0 Å². The zero-order chi connectivity index (χ0) is 12.4. The molecule has 0 saturated carbocycles. The highest BCUT2D eigenvalue weighted by molar-refractivity contribution is 5.96. The first-order chi connectivity index (χ1) is 7.56. The SMILES string of the molecule is CCCCCNC(=O)CC(=O)NCC(C)C.